The quantitative estimate of drug-likeness (QED) is 0.877. The van der Waals surface area contributed by atoms with Crippen LogP contribution < -0.4 is 5.73 Å². The zero-order valence-electron chi connectivity index (χ0n) is 9.56. The van der Waals surface area contributed by atoms with Gasteiger partial charge in [-0.05, 0) is 41.7 Å². The highest BCUT2D eigenvalue weighted by Crippen LogP contribution is 2.33. The van der Waals surface area contributed by atoms with E-state index in [-0.39, 0.29) is 18.0 Å². The van der Waals surface area contributed by atoms with Gasteiger partial charge in [-0.2, -0.15) is 11.3 Å². The van der Waals surface area contributed by atoms with Crippen molar-refractivity contribution < 1.29 is 4.79 Å². The number of hydrogen-bond acceptors (Lipinski definition) is 3. The van der Waals surface area contributed by atoms with Crippen molar-refractivity contribution >= 4 is 17.2 Å². The number of hydrogen-bond donors (Lipinski definition) is 1. The Morgan fingerprint density at radius 2 is 2.56 bits per heavy atom. The number of carbonyl (C=O) groups is 1. The van der Waals surface area contributed by atoms with Gasteiger partial charge in [0.25, 0.3) is 0 Å². The molecule has 2 rings (SSSR count). The SMILES string of the molecule is CC[C@@H](N)C(=O)N1CCCC1c1ccsc1. The Labute approximate surface area is 100 Å². The fourth-order valence-corrected chi connectivity index (χ4v) is 2.94. The number of likely N-dealkylation sites (tertiary alicyclic amines) is 1. The second-order valence-corrected chi connectivity index (χ2v) is 5.04. The van der Waals surface area contributed by atoms with Crippen molar-refractivity contribution in [3.05, 3.63) is 22.4 Å². The summed E-state index contributed by atoms with van der Waals surface area (Å²) in [5, 5.41) is 4.20. The minimum atomic E-state index is -0.334. The molecule has 1 aromatic heterocycles. The van der Waals surface area contributed by atoms with Gasteiger partial charge in [0, 0.05) is 6.54 Å². The summed E-state index contributed by atoms with van der Waals surface area (Å²) in [7, 11) is 0. The van der Waals surface area contributed by atoms with Gasteiger partial charge < -0.3 is 10.6 Å². The molecule has 0 aromatic carbocycles. The van der Waals surface area contributed by atoms with E-state index in [1.54, 1.807) is 11.3 Å². The fraction of sp³-hybridized carbons (Fsp3) is 0.583. The number of rotatable bonds is 3. The third kappa shape index (κ3) is 2.13. The van der Waals surface area contributed by atoms with Gasteiger partial charge in [0.2, 0.25) is 5.91 Å². The zero-order chi connectivity index (χ0) is 11.5. The van der Waals surface area contributed by atoms with Crippen molar-refractivity contribution in [3.8, 4) is 0 Å². The summed E-state index contributed by atoms with van der Waals surface area (Å²) >= 11 is 1.69. The summed E-state index contributed by atoms with van der Waals surface area (Å²) in [6.07, 6.45) is 2.87. The molecule has 2 N–H and O–H groups in total. The molecule has 0 bridgehead atoms. The van der Waals surface area contributed by atoms with Gasteiger partial charge in [-0.25, -0.2) is 0 Å². The van der Waals surface area contributed by atoms with E-state index >= 15 is 0 Å². The Morgan fingerprint density at radius 1 is 1.75 bits per heavy atom. The first kappa shape index (κ1) is 11.6. The molecule has 0 radical (unpaired) electrons. The van der Waals surface area contributed by atoms with Crippen LogP contribution in [0.3, 0.4) is 0 Å². The van der Waals surface area contributed by atoms with Crippen LogP contribution in [0, 0.1) is 0 Å². The van der Waals surface area contributed by atoms with Crippen molar-refractivity contribution in [1.82, 2.24) is 4.90 Å². The highest BCUT2D eigenvalue weighted by molar-refractivity contribution is 7.07. The van der Waals surface area contributed by atoms with Gasteiger partial charge in [-0.1, -0.05) is 6.92 Å². The second-order valence-electron chi connectivity index (χ2n) is 4.26. The molecule has 1 aromatic rings. The van der Waals surface area contributed by atoms with Crippen LogP contribution in [0.1, 0.15) is 37.8 Å². The van der Waals surface area contributed by atoms with Crippen LogP contribution in [0.4, 0.5) is 0 Å². The van der Waals surface area contributed by atoms with E-state index in [1.807, 2.05) is 11.8 Å². The summed E-state index contributed by atoms with van der Waals surface area (Å²) < 4.78 is 0. The number of nitrogens with two attached hydrogens (primary N) is 1. The lowest BCUT2D eigenvalue weighted by atomic mass is 10.1. The lowest BCUT2D eigenvalue weighted by Gasteiger charge is -2.26. The average molecular weight is 238 g/mol. The molecule has 1 amide bonds. The molecule has 0 aliphatic carbocycles. The Bertz CT molecular complexity index is 350. The van der Waals surface area contributed by atoms with E-state index in [2.05, 4.69) is 16.8 Å². The van der Waals surface area contributed by atoms with Crippen LogP contribution in [0.25, 0.3) is 0 Å². The summed E-state index contributed by atoms with van der Waals surface area (Å²) in [5.74, 6) is 0.108. The Balaban J connectivity index is 2.12. The van der Waals surface area contributed by atoms with Crippen LogP contribution in [0.2, 0.25) is 0 Å². The third-order valence-electron chi connectivity index (χ3n) is 3.22. The van der Waals surface area contributed by atoms with Gasteiger partial charge in [0.05, 0.1) is 12.1 Å². The second kappa shape index (κ2) is 4.97. The molecule has 3 nitrogen and oxygen atoms in total. The molecule has 1 unspecified atom stereocenters. The first-order valence-corrected chi connectivity index (χ1v) is 6.76. The maximum atomic E-state index is 12.1. The Hall–Kier alpha value is -0.870. The van der Waals surface area contributed by atoms with Gasteiger partial charge in [0.1, 0.15) is 0 Å². The maximum Gasteiger partial charge on any atom is 0.239 e. The Kier molecular flexibility index (Phi) is 3.61. The molecular weight excluding hydrogens is 220 g/mol. The molecule has 2 heterocycles. The van der Waals surface area contributed by atoms with Gasteiger partial charge in [-0.15, -0.1) is 0 Å². The normalized spacial score (nSPS) is 22.4. The van der Waals surface area contributed by atoms with E-state index in [1.165, 1.54) is 5.56 Å². The highest BCUT2D eigenvalue weighted by Gasteiger charge is 2.32. The summed E-state index contributed by atoms with van der Waals surface area (Å²) in [6, 6.07) is 2.04. The van der Waals surface area contributed by atoms with E-state index in [9.17, 15) is 4.79 Å². The van der Waals surface area contributed by atoms with E-state index in [0.29, 0.717) is 6.42 Å². The summed E-state index contributed by atoms with van der Waals surface area (Å²) in [5.41, 5.74) is 7.09. The number of nitrogens with zero attached hydrogens (tertiary/aromatic N) is 1. The van der Waals surface area contributed by atoms with Crippen molar-refractivity contribution in [3.63, 3.8) is 0 Å². The van der Waals surface area contributed by atoms with E-state index in [4.69, 9.17) is 5.73 Å². The molecule has 1 aliphatic heterocycles. The number of amides is 1. The standard InChI is InChI=1S/C12H18N2OS/c1-2-10(13)12(15)14-6-3-4-11(14)9-5-7-16-8-9/h5,7-8,10-11H,2-4,6,13H2,1H3/t10-,11?/m1/s1. The lowest BCUT2D eigenvalue weighted by Crippen LogP contribution is -2.42. The predicted octanol–water partition coefficient (Wildman–Crippen LogP) is 2.15. The monoisotopic (exact) mass is 238 g/mol. The van der Waals surface area contributed by atoms with Gasteiger partial charge in [-0.3, -0.25) is 4.79 Å². The molecule has 0 spiro atoms. The third-order valence-corrected chi connectivity index (χ3v) is 3.92. The van der Waals surface area contributed by atoms with Crippen molar-refractivity contribution in [2.75, 3.05) is 6.54 Å². The van der Waals surface area contributed by atoms with Gasteiger partial charge >= 0.3 is 0 Å². The van der Waals surface area contributed by atoms with Crippen LogP contribution in [0.15, 0.2) is 16.8 Å². The molecular formula is C12H18N2OS. The molecule has 88 valence electrons. The van der Waals surface area contributed by atoms with Crippen LogP contribution >= 0.6 is 11.3 Å². The number of thiophene rings is 1. The maximum absolute atomic E-state index is 12.1. The van der Waals surface area contributed by atoms with Gasteiger partial charge in [0.15, 0.2) is 0 Å². The zero-order valence-corrected chi connectivity index (χ0v) is 10.4. The number of carbonyl (C=O) groups excluding carboxylic acids is 1. The molecule has 16 heavy (non-hydrogen) atoms. The minimum Gasteiger partial charge on any atom is -0.334 e. The molecule has 1 fully saturated rings. The first-order valence-electron chi connectivity index (χ1n) is 5.82. The molecule has 0 saturated carbocycles. The average Bonchev–Trinajstić information content (AvgIpc) is 2.95. The van der Waals surface area contributed by atoms with Crippen molar-refractivity contribution in [2.45, 2.75) is 38.3 Å². The molecule has 1 aliphatic rings. The van der Waals surface area contributed by atoms with Crippen LogP contribution in [0.5, 0.6) is 0 Å². The topological polar surface area (TPSA) is 46.3 Å². The summed E-state index contributed by atoms with van der Waals surface area (Å²) in [4.78, 5) is 14.0. The molecule has 1 saturated heterocycles. The fourth-order valence-electron chi connectivity index (χ4n) is 2.23. The largest absolute Gasteiger partial charge is 0.334 e. The summed E-state index contributed by atoms with van der Waals surface area (Å²) in [6.45, 7) is 2.81. The Morgan fingerprint density at radius 3 is 3.19 bits per heavy atom. The van der Waals surface area contributed by atoms with Crippen LogP contribution in [-0.4, -0.2) is 23.4 Å². The van der Waals surface area contributed by atoms with Crippen LogP contribution in [-0.2, 0) is 4.79 Å². The minimum absolute atomic E-state index is 0.108. The lowest BCUT2D eigenvalue weighted by molar-refractivity contribution is -0.133. The van der Waals surface area contributed by atoms with Crippen molar-refractivity contribution in [2.24, 2.45) is 5.73 Å². The highest BCUT2D eigenvalue weighted by atomic mass is 32.1. The molecule has 4 heteroatoms. The van der Waals surface area contributed by atoms with Crippen molar-refractivity contribution in [1.29, 1.82) is 0 Å². The molecule has 2 atom stereocenters. The predicted molar refractivity (Wildman–Crippen MR) is 66.3 cm³/mol. The first-order chi connectivity index (χ1) is 7.74. The smallest absolute Gasteiger partial charge is 0.239 e. The van der Waals surface area contributed by atoms with E-state index in [0.717, 1.165) is 19.4 Å². The van der Waals surface area contributed by atoms with E-state index < -0.39 is 0 Å².